The second kappa shape index (κ2) is 9.34. The molecule has 0 bridgehead atoms. The molecule has 3 aliphatic rings. The molecule has 37 heavy (non-hydrogen) atoms. The molecule has 0 radical (unpaired) electrons. The zero-order chi connectivity index (χ0) is 25.0. The summed E-state index contributed by atoms with van der Waals surface area (Å²) in [6.45, 7) is 0. The lowest BCUT2D eigenvalue weighted by Gasteiger charge is -2.28. The van der Waals surface area contributed by atoms with Crippen molar-refractivity contribution >= 4 is 29.7 Å². The van der Waals surface area contributed by atoms with Gasteiger partial charge in [-0.1, -0.05) is 72.9 Å². The van der Waals surface area contributed by atoms with Crippen LogP contribution in [-0.4, -0.2) is 0 Å². The van der Waals surface area contributed by atoms with Crippen LogP contribution in [0.15, 0.2) is 72.8 Å². The largest absolute Gasteiger partial charge is 0.427 e. The molecule has 0 saturated carbocycles. The van der Waals surface area contributed by atoms with Gasteiger partial charge in [-0.05, 0) is 109 Å². The third-order valence-corrected chi connectivity index (χ3v) is 9.80. The van der Waals surface area contributed by atoms with Crippen LogP contribution < -0.4 is 9.05 Å². The summed E-state index contributed by atoms with van der Waals surface area (Å²) in [6.07, 6.45) is 9.10. The number of rotatable bonds is 2. The van der Waals surface area contributed by atoms with Gasteiger partial charge in [0.25, 0.3) is 0 Å². The molecule has 0 aromatic heterocycles. The SMILES string of the molecule is S=P1(S)Oc2c(-c3ccccc3)cc3c(c2-c2c4c(cc(-c5ccccc5)c2O1)CCCC4)CCCC3. The molecule has 7 rings (SSSR count). The molecular formula is C32H29O2PS2. The van der Waals surface area contributed by atoms with E-state index in [4.69, 9.17) is 33.1 Å². The first-order valence-electron chi connectivity index (χ1n) is 13.3. The van der Waals surface area contributed by atoms with E-state index >= 15 is 0 Å². The maximum absolute atomic E-state index is 6.73. The molecule has 4 aromatic carbocycles. The molecule has 5 heteroatoms. The predicted molar refractivity (Wildman–Crippen MR) is 161 cm³/mol. The maximum atomic E-state index is 6.73. The number of hydrogen-bond acceptors (Lipinski definition) is 3. The van der Waals surface area contributed by atoms with Gasteiger partial charge in [-0.15, -0.1) is 0 Å². The highest BCUT2D eigenvalue weighted by molar-refractivity contribution is 8.60. The highest BCUT2D eigenvalue weighted by atomic mass is 32.9. The van der Waals surface area contributed by atoms with E-state index in [2.05, 4.69) is 72.8 Å². The number of aryl methyl sites for hydroxylation is 2. The van der Waals surface area contributed by atoms with E-state index in [9.17, 15) is 0 Å². The quantitative estimate of drug-likeness (QED) is 0.202. The van der Waals surface area contributed by atoms with Crippen molar-refractivity contribution in [3.05, 3.63) is 95.1 Å². The lowest BCUT2D eigenvalue weighted by molar-refractivity contribution is 0.517. The van der Waals surface area contributed by atoms with E-state index in [0.29, 0.717) is 0 Å². The van der Waals surface area contributed by atoms with Crippen molar-refractivity contribution in [2.45, 2.75) is 51.4 Å². The summed E-state index contributed by atoms with van der Waals surface area (Å²) in [6, 6.07) is 25.9. The van der Waals surface area contributed by atoms with E-state index in [1.807, 2.05) is 0 Å². The summed E-state index contributed by atoms with van der Waals surface area (Å²) in [4.78, 5) is 0. The molecule has 0 amide bonds. The maximum Gasteiger partial charge on any atom is 0.345 e. The van der Waals surface area contributed by atoms with Gasteiger partial charge in [0.15, 0.2) is 0 Å². The van der Waals surface area contributed by atoms with Gasteiger partial charge in [-0.25, -0.2) is 0 Å². The predicted octanol–water partition coefficient (Wildman–Crippen LogP) is 9.37. The van der Waals surface area contributed by atoms with E-state index in [-0.39, 0.29) is 0 Å². The second-order valence-electron chi connectivity index (χ2n) is 10.3. The minimum atomic E-state index is -2.93. The van der Waals surface area contributed by atoms with Crippen molar-refractivity contribution in [1.82, 2.24) is 0 Å². The van der Waals surface area contributed by atoms with Crippen LogP contribution in [0.4, 0.5) is 0 Å². The van der Waals surface area contributed by atoms with Crippen LogP contribution in [0.2, 0.25) is 0 Å². The third-order valence-electron chi connectivity index (χ3n) is 8.04. The second-order valence-corrected chi connectivity index (χ2v) is 15.5. The van der Waals surface area contributed by atoms with Crippen LogP contribution in [0.1, 0.15) is 47.9 Å². The molecule has 2 nitrogen and oxygen atoms in total. The normalized spacial score (nSPS) is 17.2. The summed E-state index contributed by atoms with van der Waals surface area (Å²) in [7, 11) is 0. The smallest absolute Gasteiger partial charge is 0.345 e. The van der Waals surface area contributed by atoms with Gasteiger partial charge >= 0.3 is 5.69 Å². The van der Waals surface area contributed by atoms with Crippen LogP contribution in [0.3, 0.4) is 0 Å². The Morgan fingerprint density at radius 2 is 1.00 bits per heavy atom. The highest BCUT2D eigenvalue weighted by Gasteiger charge is 2.36. The van der Waals surface area contributed by atoms with E-state index in [0.717, 1.165) is 59.4 Å². The van der Waals surface area contributed by atoms with Crippen LogP contribution in [0.5, 0.6) is 11.5 Å². The highest BCUT2D eigenvalue weighted by Crippen LogP contribution is 2.64. The Labute approximate surface area is 229 Å². The lowest BCUT2D eigenvalue weighted by Crippen LogP contribution is -2.10. The van der Waals surface area contributed by atoms with Crippen LogP contribution in [0.25, 0.3) is 33.4 Å². The zero-order valence-electron chi connectivity index (χ0n) is 20.7. The molecule has 0 atom stereocenters. The van der Waals surface area contributed by atoms with Crippen molar-refractivity contribution < 1.29 is 9.05 Å². The van der Waals surface area contributed by atoms with Gasteiger partial charge in [0, 0.05) is 22.3 Å². The standard InChI is InChI=1S/C32H29O2PS2/c36-35(37)33-31-27(21-11-3-1-4-12-21)19-23-15-7-9-17-25(23)29(31)30-26-18-10-8-16-24(26)20-28(32(30)34-35)22-13-5-2-6-14-22/h1-6,11-14,19-20H,7-10,15-18H2,(H,36,37). The van der Waals surface area contributed by atoms with Gasteiger partial charge < -0.3 is 9.05 Å². The molecule has 0 spiro atoms. The Bertz CT molecular complexity index is 1450. The van der Waals surface area contributed by atoms with Crippen molar-refractivity contribution in [3.8, 4) is 44.9 Å². The van der Waals surface area contributed by atoms with Gasteiger partial charge in [-0.2, -0.15) is 0 Å². The molecule has 4 aromatic rings. The molecule has 0 saturated heterocycles. The topological polar surface area (TPSA) is 18.5 Å². The van der Waals surface area contributed by atoms with Crippen molar-refractivity contribution in [2.24, 2.45) is 0 Å². The van der Waals surface area contributed by atoms with Gasteiger partial charge in [0.05, 0.1) is 0 Å². The fraction of sp³-hybridized carbons (Fsp3) is 0.250. The van der Waals surface area contributed by atoms with E-state index < -0.39 is 5.69 Å². The van der Waals surface area contributed by atoms with Gasteiger partial charge in [0.1, 0.15) is 11.5 Å². The molecule has 0 unspecified atom stereocenters. The van der Waals surface area contributed by atoms with Crippen LogP contribution in [-0.2, 0) is 37.5 Å². The molecule has 0 N–H and O–H groups in total. The first kappa shape index (κ1) is 23.6. The average Bonchev–Trinajstić information content (AvgIpc) is 3.06. The summed E-state index contributed by atoms with van der Waals surface area (Å²) < 4.78 is 13.5. The van der Waals surface area contributed by atoms with E-state index in [1.165, 1.54) is 59.1 Å². The summed E-state index contributed by atoms with van der Waals surface area (Å²) in [5.41, 5.74) is 9.67. The molecule has 1 heterocycles. The minimum Gasteiger partial charge on any atom is -0.427 e. The summed E-state index contributed by atoms with van der Waals surface area (Å²) in [5.74, 6) is 1.73. The third kappa shape index (κ3) is 4.14. The fourth-order valence-corrected chi connectivity index (χ4v) is 8.22. The lowest BCUT2D eigenvalue weighted by atomic mass is 9.77. The summed E-state index contributed by atoms with van der Waals surface area (Å²) in [5, 5.41) is 0. The number of benzene rings is 4. The number of fused-ring (bicyclic) bond motifs is 7. The average molecular weight is 541 g/mol. The van der Waals surface area contributed by atoms with E-state index in [1.54, 1.807) is 0 Å². The van der Waals surface area contributed by atoms with Crippen molar-refractivity contribution in [2.75, 3.05) is 0 Å². The first-order valence-corrected chi connectivity index (χ1v) is 17.1. The Morgan fingerprint density at radius 3 is 1.43 bits per heavy atom. The first-order chi connectivity index (χ1) is 18.1. The van der Waals surface area contributed by atoms with Crippen molar-refractivity contribution in [3.63, 3.8) is 0 Å². The molecule has 2 aliphatic carbocycles. The van der Waals surface area contributed by atoms with Gasteiger partial charge in [-0.3, -0.25) is 0 Å². The molecular weight excluding hydrogens is 511 g/mol. The molecule has 186 valence electrons. The van der Waals surface area contributed by atoms with Gasteiger partial charge in [0.2, 0.25) is 0 Å². The monoisotopic (exact) mass is 540 g/mol. The summed E-state index contributed by atoms with van der Waals surface area (Å²) >= 11 is 10.9. The molecule has 1 aliphatic heterocycles. The molecule has 0 fully saturated rings. The minimum absolute atomic E-state index is 0.863. The number of hydrogen-bond donors (Lipinski definition) is 1. The Morgan fingerprint density at radius 1 is 0.595 bits per heavy atom. The van der Waals surface area contributed by atoms with Crippen molar-refractivity contribution in [1.29, 1.82) is 0 Å². The van der Waals surface area contributed by atoms with Crippen LogP contribution in [0, 0.1) is 0 Å². The Balaban J connectivity index is 1.64. The Hall–Kier alpha value is -2.52. The number of thiol groups is 1. The fourth-order valence-electron chi connectivity index (χ4n) is 6.40. The zero-order valence-corrected chi connectivity index (χ0v) is 23.3. The van der Waals surface area contributed by atoms with Crippen LogP contribution >= 0.6 is 17.9 Å². The Kier molecular flexibility index (Phi) is 5.96.